The van der Waals surface area contributed by atoms with Crippen LogP contribution in [-0.4, -0.2) is 26.0 Å². The van der Waals surface area contributed by atoms with Crippen LogP contribution in [0.4, 0.5) is 5.82 Å². The van der Waals surface area contributed by atoms with Gasteiger partial charge in [0.15, 0.2) is 0 Å². The number of halogens is 1. The number of hydrogen-bond donors (Lipinski definition) is 3. The number of carbonyl (C=O) groups is 1. The van der Waals surface area contributed by atoms with Crippen molar-refractivity contribution in [2.75, 3.05) is 5.32 Å². The van der Waals surface area contributed by atoms with Crippen molar-refractivity contribution in [1.29, 1.82) is 0 Å². The van der Waals surface area contributed by atoms with Gasteiger partial charge in [0.2, 0.25) is 5.91 Å². The molecule has 0 aliphatic rings. The second-order valence-electron chi connectivity index (χ2n) is 6.40. The first-order chi connectivity index (χ1) is 14.0. The highest BCUT2D eigenvalue weighted by Crippen LogP contribution is 2.41. The van der Waals surface area contributed by atoms with E-state index in [1.54, 1.807) is 48.9 Å². The van der Waals surface area contributed by atoms with E-state index >= 15 is 0 Å². The minimum Gasteiger partial charge on any atom is -0.384 e. The highest BCUT2D eigenvalue weighted by molar-refractivity contribution is 7.19. The maximum atomic E-state index is 11.3. The predicted octanol–water partition coefficient (Wildman–Crippen LogP) is 4.89. The van der Waals surface area contributed by atoms with E-state index in [1.807, 2.05) is 12.1 Å². The average Bonchev–Trinajstić information content (AvgIpc) is 3.37. The molecule has 8 heteroatoms. The summed E-state index contributed by atoms with van der Waals surface area (Å²) in [7, 11) is 0. The van der Waals surface area contributed by atoms with Gasteiger partial charge >= 0.3 is 0 Å². The minimum absolute atomic E-state index is 0.184. The van der Waals surface area contributed by atoms with E-state index in [9.17, 15) is 9.90 Å². The van der Waals surface area contributed by atoms with Crippen LogP contribution in [0.1, 0.15) is 24.2 Å². The average molecular weight is 425 g/mol. The predicted molar refractivity (Wildman–Crippen MR) is 115 cm³/mol. The minimum atomic E-state index is -0.839. The van der Waals surface area contributed by atoms with E-state index in [0.29, 0.717) is 16.7 Å². The summed E-state index contributed by atoms with van der Waals surface area (Å²) in [4.78, 5) is 24.7. The van der Waals surface area contributed by atoms with Crippen LogP contribution >= 0.6 is 22.9 Å². The van der Waals surface area contributed by atoms with Crippen LogP contribution in [0.3, 0.4) is 0 Å². The fourth-order valence-corrected chi connectivity index (χ4v) is 4.26. The molecule has 1 aromatic carbocycles. The highest BCUT2D eigenvalue weighted by atomic mass is 35.5. The van der Waals surface area contributed by atoms with Crippen molar-refractivity contribution in [1.82, 2.24) is 15.0 Å². The van der Waals surface area contributed by atoms with Crippen molar-refractivity contribution in [3.05, 3.63) is 77.2 Å². The van der Waals surface area contributed by atoms with E-state index < -0.39 is 6.10 Å². The molecule has 3 N–H and O–H groups in total. The molecule has 0 fully saturated rings. The number of amides is 1. The number of anilines is 1. The molecule has 4 rings (SSSR count). The molecule has 0 bridgehead atoms. The zero-order chi connectivity index (χ0) is 20.4. The van der Waals surface area contributed by atoms with Crippen LogP contribution in [0.15, 0.2) is 61.1 Å². The van der Waals surface area contributed by atoms with E-state index in [0.717, 1.165) is 26.4 Å². The number of H-pyrrole nitrogens is 1. The van der Waals surface area contributed by atoms with Gasteiger partial charge < -0.3 is 15.4 Å². The monoisotopic (exact) mass is 424 g/mol. The number of aliphatic hydroxyl groups is 1. The highest BCUT2D eigenvalue weighted by Gasteiger charge is 2.21. The zero-order valence-electron chi connectivity index (χ0n) is 15.4. The number of benzene rings is 1. The Kier molecular flexibility index (Phi) is 5.44. The number of rotatable bonds is 5. The third-order valence-corrected chi connectivity index (χ3v) is 5.76. The van der Waals surface area contributed by atoms with Crippen molar-refractivity contribution in [3.63, 3.8) is 0 Å². The Hall–Kier alpha value is -3.00. The SMILES string of the molecule is CC(=O)Nc1cc(-c2cc(C(O)c3ccc(Cl)cc3)c(-c3ncc[nH]3)s2)ccn1. The smallest absolute Gasteiger partial charge is 0.222 e. The molecule has 1 amide bonds. The molecule has 0 spiro atoms. The Labute approximate surface area is 176 Å². The Morgan fingerprint density at radius 3 is 2.66 bits per heavy atom. The first-order valence-electron chi connectivity index (χ1n) is 8.82. The molecule has 0 radical (unpaired) electrons. The molecule has 1 unspecified atom stereocenters. The van der Waals surface area contributed by atoms with Crippen LogP contribution in [0.5, 0.6) is 0 Å². The number of pyridine rings is 1. The number of hydrogen-bond acceptors (Lipinski definition) is 5. The van der Waals surface area contributed by atoms with E-state index in [4.69, 9.17) is 11.6 Å². The van der Waals surface area contributed by atoms with Crippen molar-refractivity contribution in [3.8, 4) is 21.1 Å². The number of carbonyl (C=O) groups excluding carboxylic acids is 1. The Balaban J connectivity index is 1.78. The summed E-state index contributed by atoms with van der Waals surface area (Å²) in [5.41, 5.74) is 2.36. The van der Waals surface area contributed by atoms with Crippen molar-refractivity contribution >= 4 is 34.7 Å². The summed E-state index contributed by atoms with van der Waals surface area (Å²) in [5.74, 6) is 0.971. The molecule has 0 saturated heterocycles. The van der Waals surface area contributed by atoms with Crippen LogP contribution in [0.25, 0.3) is 21.1 Å². The van der Waals surface area contributed by atoms with Gasteiger partial charge in [-0.15, -0.1) is 11.3 Å². The second kappa shape index (κ2) is 8.16. The van der Waals surface area contributed by atoms with Gasteiger partial charge in [-0.05, 0) is 41.5 Å². The number of aromatic nitrogens is 3. The molecule has 146 valence electrons. The lowest BCUT2D eigenvalue weighted by atomic mass is 10.0. The molecule has 3 aromatic heterocycles. The third kappa shape index (κ3) is 4.22. The molecular formula is C21H17ClN4O2S. The van der Waals surface area contributed by atoms with E-state index in [1.165, 1.54) is 18.3 Å². The summed E-state index contributed by atoms with van der Waals surface area (Å²) < 4.78 is 0. The number of nitrogens with one attached hydrogen (secondary N) is 2. The van der Waals surface area contributed by atoms with Gasteiger partial charge in [0.1, 0.15) is 17.7 Å². The summed E-state index contributed by atoms with van der Waals surface area (Å²) >= 11 is 7.48. The first kappa shape index (κ1) is 19.3. The van der Waals surface area contributed by atoms with Gasteiger partial charge in [0.05, 0.1) is 4.88 Å². The van der Waals surface area contributed by atoms with Crippen LogP contribution in [0.2, 0.25) is 5.02 Å². The first-order valence-corrected chi connectivity index (χ1v) is 10.0. The number of nitrogens with zero attached hydrogens (tertiary/aromatic N) is 2. The summed E-state index contributed by atoms with van der Waals surface area (Å²) in [6, 6.07) is 12.7. The molecular weight excluding hydrogens is 408 g/mol. The van der Waals surface area contributed by atoms with Crippen molar-refractivity contribution < 1.29 is 9.90 Å². The lowest BCUT2D eigenvalue weighted by Crippen LogP contribution is -2.07. The maximum absolute atomic E-state index is 11.3. The molecule has 29 heavy (non-hydrogen) atoms. The normalized spacial score (nSPS) is 12.0. The summed E-state index contributed by atoms with van der Waals surface area (Å²) in [6.45, 7) is 1.44. The Bertz CT molecular complexity index is 1140. The second-order valence-corrected chi connectivity index (χ2v) is 7.89. The van der Waals surface area contributed by atoms with Gasteiger partial charge in [-0.2, -0.15) is 0 Å². The fraction of sp³-hybridized carbons (Fsp3) is 0.0952. The molecule has 1 atom stereocenters. The van der Waals surface area contributed by atoms with Crippen LogP contribution < -0.4 is 5.32 Å². The number of aliphatic hydroxyl groups excluding tert-OH is 1. The molecule has 0 aliphatic heterocycles. The van der Waals surface area contributed by atoms with Gasteiger partial charge in [0, 0.05) is 41.0 Å². The standard InChI is InChI=1S/C21H17ClN4O2S/c1-12(27)26-18-10-14(6-7-23-18)17-11-16(20(29-17)21-24-8-9-25-21)19(28)13-2-4-15(22)5-3-13/h2-11,19,28H,1H3,(H,24,25)(H,23,26,27). The van der Waals surface area contributed by atoms with Crippen molar-refractivity contribution in [2.24, 2.45) is 0 Å². The van der Waals surface area contributed by atoms with Crippen molar-refractivity contribution in [2.45, 2.75) is 13.0 Å². The van der Waals surface area contributed by atoms with Crippen LogP contribution in [-0.2, 0) is 4.79 Å². The van der Waals surface area contributed by atoms with Gasteiger partial charge in [-0.1, -0.05) is 23.7 Å². The number of thiophene rings is 1. The molecule has 3 heterocycles. The zero-order valence-corrected chi connectivity index (χ0v) is 17.0. The maximum Gasteiger partial charge on any atom is 0.222 e. The van der Waals surface area contributed by atoms with Gasteiger partial charge in [-0.25, -0.2) is 9.97 Å². The largest absolute Gasteiger partial charge is 0.384 e. The number of imidazole rings is 1. The number of aromatic amines is 1. The molecule has 6 nitrogen and oxygen atoms in total. The fourth-order valence-electron chi connectivity index (χ4n) is 2.98. The van der Waals surface area contributed by atoms with Gasteiger partial charge in [0.25, 0.3) is 0 Å². The molecule has 4 aromatic rings. The van der Waals surface area contributed by atoms with Crippen LogP contribution in [0, 0.1) is 0 Å². The lowest BCUT2D eigenvalue weighted by Gasteiger charge is -2.11. The van der Waals surface area contributed by atoms with Gasteiger partial charge in [-0.3, -0.25) is 4.79 Å². The summed E-state index contributed by atoms with van der Waals surface area (Å²) in [5, 5.41) is 14.4. The topological polar surface area (TPSA) is 90.9 Å². The molecule has 0 aliphatic carbocycles. The Morgan fingerprint density at radius 2 is 1.97 bits per heavy atom. The van der Waals surface area contributed by atoms with E-state index in [-0.39, 0.29) is 5.91 Å². The lowest BCUT2D eigenvalue weighted by molar-refractivity contribution is -0.114. The molecule has 0 saturated carbocycles. The van der Waals surface area contributed by atoms with E-state index in [2.05, 4.69) is 20.3 Å². The quantitative estimate of drug-likeness (QED) is 0.425. The Morgan fingerprint density at radius 1 is 1.17 bits per heavy atom. The third-order valence-electron chi connectivity index (χ3n) is 4.30. The summed E-state index contributed by atoms with van der Waals surface area (Å²) in [6.07, 6.45) is 4.22.